The van der Waals surface area contributed by atoms with Crippen LogP contribution in [0.5, 0.6) is 0 Å². The van der Waals surface area contributed by atoms with Crippen molar-refractivity contribution in [2.45, 2.75) is 56.0 Å². The van der Waals surface area contributed by atoms with Gasteiger partial charge in [0.25, 0.3) is 0 Å². The fourth-order valence-electron chi connectivity index (χ4n) is 3.30. The van der Waals surface area contributed by atoms with Crippen LogP contribution in [0.2, 0.25) is 0 Å². The van der Waals surface area contributed by atoms with Crippen molar-refractivity contribution in [3.05, 3.63) is 30.3 Å². The van der Waals surface area contributed by atoms with E-state index in [2.05, 4.69) is 22.4 Å². The third kappa shape index (κ3) is 4.24. The Morgan fingerprint density at radius 2 is 1.96 bits per heavy atom. The zero-order valence-corrected chi connectivity index (χ0v) is 15.9. The number of benzene rings is 1. The maximum atomic E-state index is 12.6. The SMILES string of the molecule is C[C@@H]1CCCC[C@@H]1NC(=O)[C@@H](C)Sc1nnc(-c2ccccc2)n1C. The Kier molecular flexibility index (Phi) is 5.78. The number of nitrogens with zero attached hydrogens (tertiary/aromatic N) is 3. The summed E-state index contributed by atoms with van der Waals surface area (Å²) in [5.41, 5.74) is 1.03. The average Bonchev–Trinajstić information content (AvgIpc) is 2.98. The summed E-state index contributed by atoms with van der Waals surface area (Å²) < 4.78 is 1.95. The van der Waals surface area contributed by atoms with Crippen molar-refractivity contribution in [1.82, 2.24) is 20.1 Å². The Bertz CT molecular complexity index is 715. The van der Waals surface area contributed by atoms with Gasteiger partial charge < -0.3 is 9.88 Å². The van der Waals surface area contributed by atoms with Crippen LogP contribution in [0, 0.1) is 5.92 Å². The molecule has 1 aromatic heterocycles. The van der Waals surface area contributed by atoms with E-state index in [1.165, 1.54) is 31.0 Å². The van der Waals surface area contributed by atoms with Gasteiger partial charge in [0.15, 0.2) is 11.0 Å². The van der Waals surface area contributed by atoms with Gasteiger partial charge in [-0.25, -0.2) is 0 Å². The molecule has 6 heteroatoms. The summed E-state index contributed by atoms with van der Waals surface area (Å²) in [6, 6.07) is 10.3. The minimum absolute atomic E-state index is 0.0908. The fourth-order valence-corrected chi connectivity index (χ4v) is 4.12. The molecule has 3 rings (SSSR count). The molecule has 3 atom stereocenters. The van der Waals surface area contributed by atoms with Gasteiger partial charge in [0.05, 0.1) is 5.25 Å². The number of amides is 1. The molecule has 5 nitrogen and oxygen atoms in total. The lowest BCUT2D eigenvalue weighted by atomic mass is 9.86. The topological polar surface area (TPSA) is 59.8 Å². The summed E-state index contributed by atoms with van der Waals surface area (Å²) in [6.07, 6.45) is 4.78. The second-order valence-electron chi connectivity index (χ2n) is 6.87. The van der Waals surface area contributed by atoms with Gasteiger partial charge in [0.2, 0.25) is 5.91 Å². The summed E-state index contributed by atoms with van der Waals surface area (Å²) in [5.74, 6) is 1.47. The Labute approximate surface area is 153 Å². The average molecular weight is 359 g/mol. The molecule has 1 saturated carbocycles. The van der Waals surface area contributed by atoms with Crippen LogP contribution in [0.4, 0.5) is 0 Å². The summed E-state index contributed by atoms with van der Waals surface area (Å²) in [5, 5.41) is 12.4. The lowest BCUT2D eigenvalue weighted by Crippen LogP contribution is -2.44. The van der Waals surface area contributed by atoms with Crippen LogP contribution in [-0.4, -0.2) is 32.0 Å². The Morgan fingerprint density at radius 3 is 2.68 bits per heavy atom. The van der Waals surface area contributed by atoms with Gasteiger partial charge in [-0.1, -0.05) is 61.9 Å². The molecule has 1 fully saturated rings. The molecule has 1 aliphatic rings. The molecule has 1 aliphatic carbocycles. The van der Waals surface area contributed by atoms with Gasteiger partial charge >= 0.3 is 0 Å². The quantitative estimate of drug-likeness (QED) is 0.829. The number of carbonyl (C=O) groups excluding carboxylic acids is 1. The first-order chi connectivity index (χ1) is 12.1. The van der Waals surface area contributed by atoms with E-state index in [9.17, 15) is 4.79 Å². The van der Waals surface area contributed by atoms with Gasteiger partial charge in [0.1, 0.15) is 0 Å². The van der Waals surface area contributed by atoms with Crippen LogP contribution in [0.1, 0.15) is 39.5 Å². The molecule has 134 valence electrons. The van der Waals surface area contributed by atoms with E-state index < -0.39 is 0 Å². The summed E-state index contributed by atoms with van der Waals surface area (Å²) in [7, 11) is 1.94. The van der Waals surface area contributed by atoms with Crippen molar-refractivity contribution in [3.63, 3.8) is 0 Å². The van der Waals surface area contributed by atoms with Crippen LogP contribution in [0.3, 0.4) is 0 Å². The minimum Gasteiger partial charge on any atom is -0.352 e. The molecule has 1 aromatic carbocycles. The van der Waals surface area contributed by atoms with Crippen molar-refractivity contribution >= 4 is 17.7 Å². The van der Waals surface area contributed by atoms with Crippen LogP contribution in [0.25, 0.3) is 11.4 Å². The number of carbonyl (C=O) groups is 1. The Balaban J connectivity index is 1.64. The minimum atomic E-state index is -0.194. The predicted octanol–water partition coefficient (Wildman–Crippen LogP) is 3.66. The van der Waals surface area contributed by atoms with E-state index in [-0.39, 0.29) is 11.2 Å². The van der Waals surface area contributed by atoms with Gasteiger partial charge in [0, 0.05) is 18.7 Å². The van der Waals surface area contributed by atoms with Crippen molar-refractivity contribution in [2.75, 3.05) is 0 Å². The molecule has 0 aliphatic heterocycles. The molecule has 0 radical (unpaired) electrons. The Hall–Kier alpha value is -1.82. The number of hydrogen-bond acceptors (Lipinski definition) is 4. The highest BCUT2D eigenvalue weighted by Gasteiger charge is 2.26. The molecule has 25 heavy (non-hydrogen) atoms. The largest absolute Gasteiger partial charge is 0.352 e. The number of thioether (sulfide) groups is 1. The molecule has 0 saturated heterocycles. The van der Waals surface area contributed by atoms with Gasteiger partial charge in [-0.05, 0) is 25.7 Å². The van der Waals surface area contributed by atoms with Crippen molar-refractivity contribution < 1.29 is 4.79 Å². The number of nitrogens with one attached hydrogen (secondary N) is 1. The highest BCUT2D eigenvalue weighted by molar-refractivity contribution is 8.00. The Morgan fingerprint density at radius 1 is 1.24 bits per heavy atom. The highest BCUT2D eigenvalue weighted by atomic mass is 32.2. The van der Waals surface area contributed by atoms with E-state index in [0.29, 0.717) is 12.0 Å². The lowest BCUT2D eigenvalue weighted by molar-refractivity contribution is -0.121. The monoisotopic (exact) mass is 358 g/mol. The summed E-state index contributed by atoms with van der Waals surface area (Å²) in [6.45, 7) is 4.17. The summed E-state index contributed by atoms with van der Waals surface area (Å²) >= 11 is 1.46. The third-order valence-electron chi connectivity index (χ3n) is 4.96. The van der Waals surface area contributed by atoms with Gasteiger partial charge in [-0.15, -0.1) is 10.2 Å². The smallest absolute Gasteiger partial charge is 0.233 e. The first kappa shape index (κ1) is 18.0. The van der Waals surface area contributed by atoms with E-state index in [1.54, 1.807) is 0 Å². The second-order valence-corrected chi connectivity index (χ2v) is 8.18. The third-order valence-corrected chi connectivity index (χ3v) is 6.09. The number of rotatable bonds is 5. The molecular formula is C19H26N4OS. The predicted molar refractivity (Wildman–Crippen MR) is 101 cm³/mol. The normalized spacial score (nSPS) is 21.7. The van der Waals surface area contributed by atoms with E-state index >= 15 is 0 Å². The molecule has 2 aromatic rings. The molecule has 0 bridgehead atoms. The second kappa shape index (κ2) is 8.04. The van der Waals surface area contributed by atoms with Crippen LogP contribution < -0.4 is 5.32 Å². The molecular weight excluding hydrogens is 332 g/mol. The van der Waals surface area contributed by atoms with Crippen molar-refractivity contribution in [3.8, 4) is 11.4 Å². The van der Waals surface area contributed by atoms with Crippen LogP contribution in [-0.2, 0) is 11.8 Å². The molecule has 1 N–H and O–H groups in total. The zero-order chi connectivity index (χ0) is 17.8. The van der Waals surface area contributed by atoms with Crippen LogP contribution >= 0.6 is 11.8 Å². The molecule has 0 spiro atoms. The molecule has 0 unspecified atom stereocenters. The number of hydrogen-bond donors (Lipinski definition) is 1. The van der Waals surface area contributed by atoms with Crippen molar-refractivity contribution in [1.29, 1.82) is 0 Å². The molecule has 1 heterocycles. The van der Waals surface area contributed by atoms with Gasteiger partial charge in [-0.2, -0.15) is 0 Å². The van der Waals surface area contributed by atoms with E-state index in [4.69, 9.17) is 0 Å². The number of aromatic nitrogens is 3. The first-order valence-electron chi connectivity index (χ1n) is 8.98. The molecule has 1 amide bonds. The fraction of sp³-hybridized carbons (Fsp3) is 0.526. The maximum absolute atomic E-state index is 12.6. The first-order valence-corrected chi connectivity index (χ1v) is 9.86. The zero-order valence-electron chi connectivity index (χ0n) is 15.1. The van der Waals surface area contributed by atoms with Gasteiger partial charge in [-0.3, -0.25) is 4.79 Å². The lowest BCUT2D eigenvalue weighted by Gasteiger charge is -2.30. The maximum Gasteiger partial charge on any atom is 0.233 e. The standard InChI is InChI=1S/C19H26N4OS/c1-13-9-7-8-12-16(13)20-18(24)14(2)25-19-22-21-17(23(19)3)15-10-5-4-6-11-15/h4-6,10-11,13-14,16H,7-9,12H2,1-3H3,(H,20,24)/t13-,14-,16+/m1/s1. The highest BCUT2D eigenvalue weighted by Crippen LogP contribution is 2.27. The van der Waals surface area contributed by atoms with E-state index in [0.717, 1.165) is 23.0 Å². The van der Waals surface area contributed by atoms with E-state index in [1.807, 2.05) is 48.9 Å². The van der Waals surface area contributed by atoms with Crippen molar-refractivity contribution in [2.24, 2.45) is 13.0 Å². The van der Waals surface area contributed by atoms with Crippen LogP contribution in [0.15, 0.2) is 35.5 Å². The summed E-state index contributed by atoms with van der Waals surface area (Å²) in [4.78, 5) is 12.6.